The third-order valence-corrected chi connectivity index (χ3v) is 4.15. The number of unbranched alkanes of at least 4 members (excludes halogenated alkanes) is 2. The van der Waals surface area contributed by atoms with Gasteiger partial charge in [0.25, 0.3) is 0 Å². The first-order valence-corrected chi connectivity index (χ1v) is 9.41. The van der Waals surface area contributed by atoms with E-state index in [0.29, 0.717) is 24.2 Å². The molecule has 0 heterocycles. The third-order valence-electron chi connectivity index (χ3n) is 4.15. The highest BCUT2D eigenvalue weighted by atomic mass is 16.2. The van der Waals surface area contributed by atoms with Gasteiger partial charge in [-0.3, -0.25) is 9.59 Å². The molecular formula is C22H28N2O2. The zero-order valence-electron chi connectivity index (χ0n) is 15.5. The van der Waals surface area contributed by atoms with E-state index in [0.717, 1.165) is 32.1 Å². The molecule has 0 unspecified atom stereocenters. The Labute approximate surface area is 156 Å². The van der Waals surface area contributed by atoms with Gasteiger partial charge in [-0.05, 0) is 43.0 Å². The molecule has 0 saturated heterocycles. The maximum absolute atomic E-state index is 12.1. The third kappa shape index (κ3) is 7.51. The fourth-order valence-corrected chi connectivity index (χ4v) is 2.75. The van der Waals surface area contributed by atoms with Gasteiger partial charge in [-0.1, -0.05) is 56.2 Å². The average Bonchev–Trinajstić information content (AvgIpc) is 2.63. The lowest BCUT2D eigenvalue weighted by Crippen LogP contribution is -2.13. The molecule has 0 atom stereocenters. The van der Waals surface area contributed by atoms with Gasteiger partial charge >= 0.3 is 0 Å². The second kappa shape index (κ2) is 11.1. The maximum Gasteiger partial charge on any atom is 0.224 e. The minimum absolute atomic E-state index is 0.00708. The van der Waals surface area contributed by atoms with Crippen LogP contribution < -0.4 is 10.6 Å². The van der Waals surface area contributed by atoms with Crippen molar-refractivity contribution in [2.24, 2.45) is 0 Å². The van der Waals surface area contributed by atoms with Crippen molar-refractivity contribution in [3.63, 3.8) is 0 Å². The minimum atomic E-state index is -0.00708. The van der Waals surface area contributed by atoms with E-state index < -0.39 is 0 Å². The lowest BCUT2D eigenvalue weighted by atomic mass is 10.1. The summed E-state index contributed by atoms with van der Waals surface area (Å²) in [4.78, 5) is 24.0. The number of hydrogen-bond acceptors (Lipinski definition) is 2. The number of hydrogen-bond donors (Lipinski definition) is 2. The first-order chi connectivity index (χ1) is 12.7. The van der Waals surface area contributed by atoms with E-state index >= 15 is 0 Å². The molecule has 0 aliphatic rings. The molecule has 0 radical (unpaired) electrons. The van der Waals surface area contributed by atoms with Crippen molar-refractivity contribution in [1.29, 1.82) is 0 Å². The van der Waals surface area contributed by atoms with Gasteiger partial charge in [-0.15, -0.1) is 0 Å². The van der Waals surface area contributed by atoms with Crippen molar-refractivity contribution in [2.45, 2.75) is 51.9 Å². The second-order valence-corrected chi connectivity index (χ2v) is 6.47. The molecule has 26 heavy (non-hydrogen) atoms. The van der Waals surface area contributed by atoms with Crippen LogP contribution in [0.2, 0.25) is 0 Å². The zero-order chi connectivity index (χ0) is 18.6. The number of nitrogens with one attached hydrogen (secondary N) is 2. The predicted octanol–water partition coefficient (Wildman–Crippen LogP) is 5.17. The SMILES string of the molecule is CCCCCC(=O)Nc1cccc(NC(=O)CCCc2ccccc2)c1. The Balaban J connectivity index is 1.76. The largest absolute Gasteiger partial charge is 0.326 e. The Morgan fingerprint density at radius 1 is 0.769 bits per heavy atom. The number of anilines is 2. The molecule has 2 aromatic carbocycles. The fraction of sp³-hybridized carbons (Fsp3) is 0.364. The first kappa shape index (κ1) is 19.7. The van der Waals surface area contributed by atoms with Crippen LogP contribution in [-0.2, 0) is 16.0 Å². The van der Waals surface area contributed by atoms with Crippen molar-refractivity contribution in [3.05, 3.63) is 60.2 Å². The van der Waals surface area contributed by atoms with E-state index in [1.807, 2.05) is 36.4 Å². The first-order valence-electron chi connectivity index (χ1n) is 9.41. The van der Waals surface area contributed by atoms with Gasteiger partial charge in [-0.2, -0.15) is 0 Å². The lowest BCUT2D eigenvalue weighted by Gasteiger charge is -2.09. The minimum Gasteiger partial charge on any atom is -0.326 e. The van der Waals surface area contributed by atoms with E-state index in [4.69, 9.17) is 0 Å². The van der Waals surface area contributed by atoms with Crippen molar-refractivity contribution >= 4 is 23.2 Å². The van der Waals surface area contributed by atoms with Gasteiger partial charge in [-0.25, -0.2) is 0 Å². The molecule has 0 fully saturated rings. The summed E-state index contributed by atoms with van der Waals surface area (Å²) in [5.41, 5.74) is 2.67. The summed E-state index contributed by atoms with van der Waals surface area (Å²) in [6.45, 7) is 2.11. The maximum atomic E-state index is 12.1. The van der Waals surface area contributed by atoms with Gasteiger partial charge < -0.3 is 10.6 Å². The van der Waals surface area contributed by atoms with E-state index in [1.54, 1.807) is 6.07 Å². The van der Waals surface area contributed by atoms with Gasteiger partial charge in [0.15, 0.2) is 0 Å². The van der Waals surface area contributed by atoms with Crippen LogP contribution in [0.4, 0.5) is 11.4 Å². The van der Waals surface area contributed by atoms with Crippen molar-refractivity contribution in [1.82, 2.24) is 0 Å². The Morgan fingerprint density at radius 2 is 1.38 bits per heavy atom. The highest BCUT2D eigenvalue weighted by molar-refractivity contribution is 5.94. The van der Waals surface area contributed by atoms with E-state index in [9.17, 15) is 9.59 Å². The number of aryl methyl sites for hydroxylation is 1. The van der Waals surface area contributed by atoms with E-state index in [1.165, 1.54) is 5.56 Å². The standard InChI is InChI=1S/C22H28N2O2/c1-2-3-5-15-21(25)23-19-13-9-14-20(17-19)24-22(26)16-8-12-18-10-6-4-7-11-18/h4,6-7,9-11,13-14,17H,2-3,5,8,12,15-16H2,1H3,(H,23,25)(H,24,26). The lowest BCUT2D eigenvalue weighted by molar-refractivity contribution is -0.117. The summed E-state index contributed by atoms with van der Waals surface area (Å²) in [6.07, 6.45) is 5.77. The topological polar surface area (TPSA) is 58.2 Å². The molecule has 2 rings (SSSR count). The number of carbonyl (C=O) groups is 2. The molecule has 0 spiro atoms. The van der Waals surface area contributed by atoms with E-state index in [2.05, 4.69) is 29.7 Å². The summed E-state index contributed by atoms with van der Waals surface area (Å²) in [5, 5.41) is 5.79. The van der Waals surface area contributed by atoms with Crippen molar-refractivity contribution < 1.29 is 9.59 Å². The van der Waals surface area contributed by atoms with Gasteiger partial charge in [0.2, 0.25) is 11.8 Å². The van der Waals surface area contributed by atoms with Crippen LogP contribution in [0.3, 0.4) is 0 Å². The average molecular weight is 352 g/mol. The quantitative estimate of drug-likeness (QED) is 0.580. The van der Waals surface area contributed by atoms with Crippen LogP contribution in [-0.4, -0.2) is 11.8 Å². The van der Waals surface area contributed by atoms with Crippen LogP contribution in [0.25, 0.3) is 0 Å². The van der Waals surface area contributed by atoms with Gasteiger partial charge in [0.05, 0.1) is 0 Å². The van der Waals surface area contributed by atoms with Crippen molar-refractivity contribution in [3.8, 4) is 0 Å². The Hall–Kier alpha value is -2.62. The summed E-state index contributed by atoms with van der Waals surface area (Å²) in [5.74, 6) is 0.0112. The molecular weight excluding hydrogens is 324 g/mol. The van der Waals surface area contributed by atoms with Crippen LogP contribution in [0, 0.1) is 0 Å². The predicted molar refractivity (Wildman–Crippen MR) is 107 cm³/mol. The van der Waals surface area contributed by atoms with Crippen LogP contribution in [0.15, 0.2) is 54.6 Å². The van der Waals surface area contributed by atoms with Crippen molar-refractivity contribution in [2.75, 3.05) is 10.6 Å². The summed E-state index contributed by atoms with van der Waals surface area (Å²) in [7, 11) is 0. The fourth-order valence-electron chi connectivity index (χ4n) is 2.75. The monoisotopic (exact) mass is 352 g/mol. The normalized spacial score (nSPS) is 10.3. The molecule has 0 saturated carbocycles. The Kier molecular flexibility index (Phi) is 8.40. The molecule has 4 nitrogen and oxygen atoms in total. The molecule has 0 aliphatic carbocycles. The van der Waals surface area contributed by atoms with Gasteiger partial charge in [0, 0.05) is 24.2 Å². The smallest absolute Gasteiger partial charge is 0.224 e. The second-order valence-electron chi connectivity index (χ2n) is 6.47. The molecule has 2 N–H and O–H groups in total. The van der Waals surface area contributed by atoms with E-state index in [-0.39, 0.29) is 11.8 Å². The summed E-state index contributed by atoms with van der Waals surface area (Å²) >= 11 is 0. The molecule has 0 aliphatic heterocycles. The molecule has 2 aromatic rings. The summed E-state index contributed by atoms with van der Waals surface area (Å²) < 4.78 is 0. The molecule has 2 amide bonds. The van der Waals surface area contributed by atoms with Crippen LogP contribution >= 0.6 is 0 Å². The number of rotatable bonds is 10. The highest BCUT2D eigenvalue weighted by Gasteiger charge is 2.06. The Morgan fingerprint density at radius 3 is 2.00 bits per heavy atom. The summed E-state index contributed by atoms with van der Waals surface area (Å²) in [6, 6.07) is 17.5. The zero-order valence-corrected chi connectivity index (χ0v) is 15.5. The number of benzene rings is 2. The molecule has 0 bridgehead atoms. The highest BCUT2D eigenvalue weighted by Crippen LogP contribution is 2.16. The number of carbonyl (C=O) groups excluding carboxylic acids is 2. The van der Waals surface area contributed by atoms with Gasteiger partial charge in [0.1, 0.15) is 0 Å². The molecule has 4 heteroatoms. The number of amides is 2. The molecule has 0 aromatic heterocycles. The van der Waals surface area contributed by atoms with Crippen LogP contribution in [0.1, 0.15) is 51.0 Å². The van der Waals surface area contributed by atoms with Crippen LogP contribution in [0.5, 0.6) is 0 Å². The Bertz CT molecular complexity index is 698. The molecule has 138 valence electrons.